The Morgan fingerprint density at radius 2 is 1.57 bits per heavy atom. The van der Waals surface area contributed by atoms with E-state index in [1.807, 2.05) is 0 Å². The van der Waals surface area contributed by atoms with Gasteiger partial charge in [-0.3, -0.25) is 0 Å². The summed E-state index contributed by atoms with van der Waals surface area (Å²) in [5, 5.41) is 0.509. The SMILES string of the molecule is FC(F)(F)c1cc2c(sc3cc(Cl)ccc32)c(C(F)(F)F)c1Br. The van der Waals surface area contributed by atoms with Crippen molar-refractivity contribution < 1.29 is 26.3 Å². The van der Waals surface area contributed by atoms with Gasteiger partial charge in [-0.1, -0.05) is 17.7 Å². The molecule has 0 spiro atoms. The molecule has 0 saturated heterocycles. The molecular formula is C14H4BrClF6S. The highest BCUT2D eigenvalue weighted by Crippen LogP contribution is 2.50. The summed E-state index contributed by atoms with van der Waals surface area (Å²) < 4.78 is 78.5. The van der Waals surface area contributed by atoms with Crippen molar-refractivity contribution in [1.82, 2.24) is 0 Å². The summed E-state index contributed by atoms with van der Waals surface area (Å²) in [6.45, 7) is 0. The van der Waals surface area contributed by atoms with Crippen molar-refractivity contribution >= 4 is 59.0 Å². The second-order valence-corrected chi connectivity index (χ2v) is 7.01. The van der Waals surface area contributed by atoms with Crippen LogP contribution in [0.4, 0.5) is 26.3 Å². The maximum Gasteiger partial charge on any atom is 0.418 e. The lowest BCUT2D eigenvalue weighted by molar-refractivity contribution is -0.143. The van der Waals surface area contributed by atoms with E-state index < -0.39 is 28.0 Å². The summed E-state index contributed by atoms with van der Waals surface area (Å²) in [6, 6.07) is 5.02. The summed E-state index contributed by atoms with van der Waals surface area (Å²) in [5.41, 5.74) is -2.67. The first-order valence-corrected chi connectivity index (χ1v) is 7.97. The van der Waals surface area contributed by atoms with Gasteiger partial charge in [-0.2, -0.15) is 26.3 Å². The fourth-order valence-electron chi connectivity index (χ4n) is 2.32. The molecule has 0 aliphatic carbocycles. The molecule has 0 fully saturated rings. The van der Waals surface area contributed by atoms with E-state index in [0.29, 0.717) is 15.1 Å². The summed E-state index contributed by atoms with van der Waals surface area (Å²) in [6.07, 6.45) is -9.84. The molecule has 3 rings (SSSR count). The molecule has 0 bridgehead atoms. The Bertz CT molecular complexity index is 925. The van der Waals surface area contributed by atoms with Crippen LogP contribution in [0.15, 0.2) is 28.7 Å². The molecule has 0 saturated carbocycles. The number of fused-ring (bicyclic) bond motifs is 3. The molecule has 0 N–H and O–H groups in total. The van der Waals surface area contributed by atoms with E-state index in [1.165, 1.54) is 18.2 Å². The van der Waals surface area contributed by atoms with Gasteiger partial charge in [0.15, 0.2) is 0 Å². The Balaban J connectivity index is 2.55. The Morgan fingerprint density at radius 3 is 2.13 bits per heavy atom. The number of rotatable bonds is 0. The van der Waals surface area contributed by atoms with Gasteiger partial charge in [0.25, 0.3) is 0 Å². The third-order valence-electron chi connectivity index (χ3n) is 3.25. The Labute approximate surface area is 142 Å². The molecule has 0 radical (unpaired) electrons. The van der Waals surface area contributed by atoms with E-state index in [1.54, 1.807) is 0 Å². The Morgan fingerprint density at radius 1 is 0.913 bits per heavy atom. The maximum atomic E-state index is 13.3. The molecule has 1 heterocycles. The predicted octanol–water partition coefficient (Wildman–Crippen LogP) is 7.51. The molecule has 9 heteroatoms. The lowest BCUT2D eigenvalue weighted by Crippen LogP contribution is -2.12. The Hall–Kier alpha value is -0.990. The van der Waals surface area contributed by atoms with Crippen LogP contribution in [-0.2, 0) is 12.4 Å². The minimum Gasteiger partial charge on any atom is -0.166 e. The zero-order chi connectivity index (χ0) is 17.2. The topological polar surface area (TPSA) is 0 Å². The predicted molar refractivity (Wildman–Crippen MR) is 82.0 cm³/mol. The second-order valence-electron chi connectivity index (χ2n) is 4.73. The highest BCUT2D eigenvalue weighted by molar-refractivity contribution is 9.10. The van der Waals surface area contributed by atoms with Gasteiger partial charge < -0.3 is 0 Å². The van der Waals surface area contributed by atoms with E-state index in [2.05, 4.69) is 15.9 Å². The molecule has 2 aromatic carbocycles. The second kappa shape index (κ2) is 5.26. The van der Waals surface area contributed by atoms with Crippen LogP contribution in [0.5, 0.6) is 0 Å². The van der Waals surface area contributed by atoms with Gasteiger partial charge in [0.1, 0.15) is 0 Å². The summed E-state index contributed by atoms with van der Waals surface area (Å²) >= 11 is 9.05. The van der Waals surface area contributed by atoms with Crippen LogP contribution in [0.2, 0.25) is 5.02 Å². The molecule has 0 nitrogen and oxygen atoms in total. The number of hydrogen-bond donors (Lipinski definition) is 0. The molecule has 1 aromatic heterocycles. The molecule has 0 atom stereocenters. The average Bonchev–Trinajstić information content (AvgIpc) is 2.71. The van der Waals surface area contributed by atoms with Crippen molar-refractivity contribution in [2.24, 2.45) is 0 Å². The first-order valence-electron chi connectivity index (χ1n) is 5.99. The van der Waals surface area contributed by atoms with Gasteiger partial charge in [0.2, 0.25) is 0 Å². The lowest BCUT2D eigenvalue weighted by atomic mass is 10.0. The molecule has 0 amide bonds. The average molecular weight is 434 g/mol. The largest absolute Gasteiger partial charge is 0.418 e. The minimum absolute atomic E-state index is 0.0930. The van der Waals surface area contributed by atoms with Crippen LogP contribution in [0, 0.1) is 0 Å². The smallest absolute Gasteiger partial charge is 0.166 e. The van der Waals surface area contributed by atoms with Gasteiger partial charge >= 0.3 is 12.4 Å². The van der Waals surface area contributed by atoms with Gasteiger partial charge in [0, 0.05) is 29.7 Å². The van der Waals surface area contributed by atoms with E-state index in [4.69, 9.17) is 11.6 Å². The maximum absolute atomic E-state index is 13.3. The van der Waals surface area contributed by atoms with Crippen molar-refractivity contribution in [3.63, 3.8) is 0 Å². The lowest BCUT2D eigenvalue weighted by Gasteiger charge is -2.16. The van der Waals surface area contributed by atoms with Gasteiger partial charge in [-0.25, -0.2) is 0 Å². The minimum atomic E-state index is -4.93. The zero-order valence-corrected chi connectivity index (χ0v) is 13.9. The first kappa shape index (κ1) is 16.9. The van der Waals surface area contributed by atoms with Crippen LogP contribution < -0.4 is 0 Å². The van der Waals surface area contributed by atoms with E-state index >= 15 is 0 Å². The third kappa shape index (κ3) is 2.81. The van der Waals surface area contributed by atoms with Crippen molar-refractivity contribution in [3.8, 4) is 0 Å². The number of hydrogen-bond acceptors (Lipinski definition) is 1. The molecule has 0 aliphatic heterocycles. The highest BCUT2D eigenvalue weighted by atomic mass is 79.9. The normalized spacial score (nSPS) is 13.2. The van der Waals surface area contributed by atoms with Crippen molar-refractivity contribution in [3.05, 3.63) is 44.9 Å². The Kier molecular flexibility index (Phi) is 3.85. The monoisotopic (exact) mass is 432 g/mol. The third-order valence-corrected chi connectivity index (χ3v) is 5.50. The van der Waals surface area contributed by atoms with E-state index in [9.17, 15) is 26.3 Å². The van der Waals surface area contributed by atoms with Crippen molar-refractivity contribution in [2.75, 3.05) is 0 Å². The van der Waals surface area contributed by atoms with Crippen molar-refractivity contribution in [2.45, 2.75) is 12.4 Å². The summed E-state index contributed by atoms with van der Waals surface area (Å²) in [4.78, 5) is 0. The quantitative estimate of drug-likeness (QED) is 0.322. The first-order chi connectivity index (χ1) is 10.5. The molecule has 122 valence electrons. The van der Waals surface area contributed by atoms with Crippen LogP contribution in [0.1, 0.15) is 11.1 Å². The number of halogens is 8. The van der Waals surface area contributed by atoms with Gasteiger partial charge in [-0.15, -0.1) is 11.3 Å². The molecule has 3 aromatic rings. The standard InChI is InChI=1S/C14H4BrClF6S/c15-11-8(13(17,18)19)4-7-6-2-1-5(16)3-9(6)23-12(7)10(11)14(20,21)22/h1-4H. The van der Waals surface area contributed by atoms with Crippen LogP contribution in [0.3, 0.4) is 0 Å². The zero-order valence-electron chi connectivity index (χ0n) is 10.7. The van der Waals surface area contributed by atoms with Crippen LogP contribution >= 0.6 is 38.9 Å². The fourth-order valence-corrected chi connectivity index (χ4v) is 4.74. The fraction of sp³-hybridized carbons (Fsp3) is 0.143. The van der Waals surface area contributed by atoms with Crippen LogP contribution in [0.25, 0.3) is 20.2 Å². The number of thiophene rings is 1. The molecule has 23 heavy (non-hydrogen) atoms. The van der Waals surface area contributed by atoms with Gasteiger partial charge in [-0.05, 0) is 34.1 Å². The molecule has 0 aliphatic rings. The van der Waals surface area contributed by atoms with Crippen LogP contribution in [-0.4, -0.2) is 0 Å². The summed E-state index contributed by atoms with van der Waals surface area (Å²) in [5.74, 6) is 0. The van der Waals surface area contributed by atoms with E-state index in [0.717, 1.165) is 17.4 Å². The van der Waals surface area contributed by atoms with Crippen molar-refractivity contribution in [1.29, 1.82) is 0 Å². The number of alkyl halides is 6. The molecular weight excluding hydrogens is 430 g/mol. The highest BCUT2D eigenvalue weighted by Gasteiger charge is 2.42. The van der Waals surface area contributed by atoms with Gasteiger partial charge in [0.05, 0.1) is 11.1 Å². The van der Waals surface area contributed by atoms with E-state index in [-0.39, 0.29) is 10.1 Å². The molecule has 0 unspecified atom stereocenters. The summed E-state index contributed by atoms with van der Waals surface area (Å²) in [7, 11) is 0. The number of benzene rings is 2.